The van der Waals surface area contributed by atoms with Crippen LogP contribution in [-0.2, 0) is 19.8 Å². The fraction of sp³-hybridized carbons (Fsp3) is 0.483. The van der Waals surface area contributed by atoms with Crippen molar-refractivity contribution in [3.63, 3.8) is 0 Å². The Morgan fingerprint density at radius 2 is 1.87 bits per heavy atom. The first-order chi connectivity index (χ1) is 17.8. The summed E-state index contributed by atoms with van der Waals surface area (Å²) in [6, 6.07) is 8.69. The summed E-state index contributed by atoms with van der Waals surface area (Å²) in [5.41, 5.74) is 0.0338. The molecule has 0 aromatic heterocycles. The molecule has 202 valence electrons. The Labute approximate surface area is 232 Å². The minimum Gasteiger partial charge on any atom is -0.342 e. The van der Waals surface area contributed by atoms with Gasteiger partial charge in [-0.25, -0.2) is 4.39 Å². The number of ketones is 1. The van der Waals surface area contributed by atoms with Crippen molar-refractivity contribution in [3.05, 3.63) is 63.4 Å². The number of nitrogens with zero attached hydrogens (tertiary/aromatic N) is 1. The van der Waals surface area contributed by atoms with Gasteiger partial charge in [0.15, 0.2) is 5.78 Å². The number of hydrogen-bond donors (Lipinski definition) is 2. The SMILES string of the molecule is CC(=O)N1CC(CC(=O)[C@@H]2N[C@H](CC(C)(C)C)[C@]3(C(=O)Nc4cc(Cl)ccc43)[C@H]2c2cccc(Cl)c2F)C1. The standard InChI is InChI=1S/C29H32Cl2FN3O3/c1-15(36)35-13-16(14-35)10-22(37)26-24(18-6-5-7-20(31)25(18)32)29(23(34-26)12-28(2,3)4)19-9-8-17(30)11-21(19)33-27(29)38/h5-9,11,16,23-24,26,34H,10,12-14H2,1-4H3,(H,33,38)/t23-,24+,26+,29+/m1/s1. The van der Waals surface area contributed by atoms with E-state index in [4.69, 9.17) is 23.2 Å². The Kier molecular flexibility index (Phi) is 6.86. The van der Waals surface area contributed by atoms with Crippen molar-refractivity contribution in [1.82, 2.24) is 10.2 Å². The van der Waals surface area contributed by atoms with Crippen LogP contribution in [0.1, 0.15) is 57.6 Å². The largest absolute Gasteiger partial charge is 0.342 e. The number of Topliss-reactive ketones (excluding diaryl/α,β-unsaturated/α-hetero) is 1. The number of hydrogen-bond acceptors (Lipinski definition) is 4. The highest BCUT2D eigenvalue weighted by molar-refractivity contribution is 6.31. The van der Waals surface area contributed by atoms with E-state index in [0.717, 1.165) is 0 Å². The van der Waals surface area contributed by atoms with E-state index in [9.17, 15) is 14.4 Å². The maximum atomic E-state index is 15.8. The molecule has 0 bridgehead atoms. The third-order valence-corrected chi connectivity index (χ3v) is 8.70. The summed E-state index contributed by atoms with van der Waals surface area (Å²) in [6.07, 6.45) is 0.792. The van der Waals surface area contributed by atoms with Crippen LogP contribution in [0.25, 0.3) is 0 Å². The zero-order chi connectivity index (χ0) is 27.6. The minimum atomic E-state index is -1.26. The van der Waals surface area contributed by atoms with Crippen molar-refractivity contribution in [1.29, 1.82) is 0 Å². The highest BCUT2D eigenvalue weighted by atomic mass is 35.5. The van der Waals surface area contributed by atoms with Crippen LogP contribution in [0.4, 0.5) is 10.1 Å². The Hall–Kier alpha value is -2.48. The predicted octanol–water partition coefficient (Wildman–Crippen LogP) is 5.32. The Morgan fingerprint density at radius 3 is 2.53 bits per heavy atom. The average molecular weight is 560 g/mol. The van der Waals surface area contributed by atoms with Crippen molar-refractivity contribution in [2.45, 2.75) is 64.0 Å². The van der Waals surface area contributed by atoms with Crippen molar-refractivity contribution in [3.8, 4) is 0 Å². The second-order valence-electron chi connectivity index (χ2n) is 12.1. The van der Waals surface area contributed by atoms with Crippen LogP contribution in [0.2, 0.25) is 10.0 Å². The van der Waals surface area contributed by atoms with Crippen molar-refractivity contribution in [2.24, 2.45) is 11.3 Å². The molecule has 2 saturated heterocycles. The van der Waals surface area contributed by atoms with Crippen LogP contribution in [0, 0.1) is 17.2 Å². The maximum absolute atomic E-state index is 15.8. The predicted molar refractivity (Wildman–Crippen MR) is 146 cm³/mol. The van der Waals surface area contributed by atoms with Crippen molar-refractivity contribution in [2.75, 3.05) is 18.4 Å². The van der Waals surface area contributed by atoms with Crippen LogP contribution < -0.4 is 10.6 Å². The zero-order valence-electron chi connectivity index (χ0n) is 21.9. The van der Waals surface area contributed by atoms with Gasteiger partial charge in [-0.15, -0.1) is 0 Å². The molecule has 3 aliphatic heterocycles. The Morgan fingerprint density at radius 1 is 1.16 bits per heavy atom. The number of amides is 2. The summed E-state index contributed by atoms with van der Waals surface area (Å²) < 4.78 is 15.8. The molecule has 0 unspecified atom stereocenters. The topological polar surface area (TPSA) is 78.5 Å². The summed E-state index contributed by atoms with van der Waals surface area (Å²) in [4.78, 5) is 41.4. The highest BCUT2D eigenvalue weighted by Gasteiger charge is 2.66. The first-order valence-electron chi connectivity index (χ1n) is 12.9. The molecule has 2 N–H and O–H groups in total. The van der Waals surface area contributed by atoms with Gasteiger partial charge in [0, 0.05) is 55.0 Å². The van der Waals surface area contributed by atoms with Gasteiger partial charge in [-0.05, 0) is 41.2 Å². The zero-order valence-corrected chi connectivity index (χ0v) is 23.4. The molecule has 2 aromatic rings. The van der Waals surface area contributed by atoms with Gasteiger partial charge in [-0.3, -0.25) is 14.4 Å². The quantitative estimate of drug-likeness (QED) is 0.519. The maximum Gasteiger partial charge on any atom is 0.237 e. The fourth-order valence-electron chi connectivity index (χ4n) is 6.57. The normalized spacial score (nSPS) is 26.9. The van der Waals surface area contributed by atoms with Crippen molar-refractivity contribution >= 4 is 46.5 Å². The number of rotatable bonds is 5. The number of likely N-dealkylation sites (tertiary alicyclic amines) is 1. The summed E-state index contributed by atoms with van der Waals surface area (Å²) >= 11 is 12.5. The number of nitrogens with one attached hydrogen (secondary N) is 2. The monoisotopic (exact) mass is 559 g/mol. The molecule has 2 amide bonds. The molecule has 5 rings (SSSR count). The first-order valence-corrected chi connectivity index (χ1v) is 13.7. The lowest BCUT2D eigenvalue weighted by molar-refractivity contribution is -0.137. The van der Waals surface area contributed by atoms with Gasteiger partial charge >= 0.3 is 0 Å². The highest BCUT2D eigenvalue weighted by Crippen LogP contribution is 2.57. The number of carbonyl (C=O) groups is 3. The number of fused-ring (bicyclic) bond motifs is 2. The molecule has 6 nitrogen and oxygen atoms in total. The second-order valence-corrected chi connectivity index (χ2v) is 12.9. The van der Waals surface area contributed by atoms with E-state index in [1.165, 1.54) is 13.0 Å². The second kappa shape index (κ2) is 9.61. The van der Waals surface area contributed by atoms with Gasteiger partial charge in [0.1, 0.15) is 11.2 Å². The van der Waals surface area contributed by atoms with Gasteiger partial charge in [0.2, 0.25) is 11.8 Å². The summed E-state index contributed by atoms with van der Waals surface area (Å²) in [6.45, 7) is 8.77. The van der Waals surface area contributed by atoms with Crippen molar-refractivity contribution < 1.29 is 18.8 Å². The Balaban J connectivity index is 1.65. The molecule has 1 spiro atoms. The van der Waals surface area contributed by atoms with E-state index in [2.05, 4.69) is 31.4 Å². The third kappa shape index (κ3) is 4.42. The van der Waals surface area contributed by atoms with Crippen LogP contribution >= 0.6 is 23.2 Å². The molecule has 3 heterocycles. The van der Waals surface area contributed by atoms with Gasteiger partial charge in [-0.1, -0.05) is 62.2 Å². The lowest BCUT2D eigenvalue weighted by Gasteiger charge is -2.39. The molecule has 2 fully saturated rings. The molecule has 9 heteroatoms. The minimum absolute atomic E-state index is 0.0198. The van der Waals surface area contributed by atoms with E-state index in [-0.39, 0.29) is 45.9 Å². The summed E-state index contributed by atoms with van der Waals surface area (Å²) in [7, 11) is 0. The molecule has 0 saturated carbocycles. The average Bonchev–Trinajstić information content (AvgIpc) is 3.26. The van der Waals surface area contributed by atoms with Crippen LogP contribution in [0.15, 0.2) is 36.4 Å². The summed E-state index contributed by atoms with van der Waals surface area (Å²) in [5, 5.41) is 6.91. The lowest BCUT2D eigenvalue weighted by atomic mass is 9.62. The van der Waals surface area contributed by atoms with E-state index in [1.54, 1.807) is 29.2 Å². The third-order valence-electron chi connectivity index (χ3n) is 8.18. The number of benzene rings is 2. The molecular formula is C29H32Cl2FN3O3. The van der Waals surface area contributed by atoms with Crippen LogP contribution in [-0.4, -0.2) is 47.7 Å². The first kappa shape index (κ1) is 27.1. The van der Waals surface area contributed by atoms with Crippen LogP contribution in [0.3, 0.4) is 0 Å². The number of carbonyl (C=O) groups excluding carboxylic acids is 3. The van der Waals surface area contributed by atoms with Gasteiger partial charge in [-0.2, -0.15) is 0 Å². The number of halogens is 3. The van der Waals surface area contributed by atoms with Gasteiger partial charge in [0.05, 0.1) is 11.1 Å². The molecule has 0 aliphatic carbocycles. The van der Waals surface area contributed by atoms with E-state index in [0.29, 0.717) is 35.8 Å². The molecule has 38 heavy (non-hydrogen) atoms. The van der Waals surface area contributed by atoms with Gasteiger partial charge < -0.3 is 15.5 Å². The molecule has 4 atom stereocenters. The molecule has 2 aromatic carbocycles. The summed E-state index contributed by atoms with van der Waals surface area (Å²) in [5.74, 6) is -1.85. The fourth-order valence-corrected chi connectivity index (χ4v) is 6.93. The van der Waals surface area contributed by atoms with Gasteiger partial charge in [0.25, 0.3) is 0 Å². The van der Waals surface area contributed by atoms with Crippen LogP contribution in [0.5, 0.6) is 0 Å². The molecular weight excluding hydrogens is 528 g/mol. The van der Waals surface area contributed by atoms with E-state index >= 15 is 4.39 Å². The number of anilines is 1. The van der Waals surface area contributed by atoms with E-state index < -0.39 is 29.2 Å². The molecule has 0 radical (unpaired) electrons. The Bertz CT molecular complexity index is 1320. The molecule has 3 aliphatic rings. The smallest absolute Gasteiger partial charge is 0.237 e. The van der Waals surface area contributed by atoms with E-state index in [1.807, 2.05) is 6.07 Å². The lowest BCUT2D eigenvalue weighted by Crippen LogP contribution is -2.51.